The Labute approximate surface area is 128 Å². The number of halogens is 2. The highest BCUT2D eigenvalue weighted by molar-refractivity contribution is 9.10. The minimum atomic E-state index is -3.68. The topological polar surface area (TPSA) is 63.4 Å². The van der Waals surface area contributed by atoms with Gasteiger partial charge in [0.15, 0.2) is 0 Å². The third kappa shape index (κ3) is 4.00. The zero-order valence-corrected chi connectivity index (χ0v) is 14.3. The lowest BCUT2D eigenvalue weighted by atomic mass is 9.94. The predicted molar refractivity (Wildman–Crippen MR) is 81.4 cm³/mol. The largest absolute Gasteiger partial charge is 0.330 e. The summed E-state index contributed by atoms with van der Waals surface area (Å²) in [6, 6.07) is 3.56. The van der Waals surface area contributed by atoms with Gasteiger partial charge in [0, 0.05) is 17.6 Å². The van der Waals surface area contributed by atoms with E-state index < -0.39 is 15.8 Å². The van der Waals surface area contributed by atoms with E-state index in [2.05, 4.69) is 15.9 Å². The van der Waals surface area contributed by atoms with Crippen LogP contribution in [0.3, 0.4) is 0 Å². The van der Waals surface area contributed by atoms with Gasteiger partial charge >= 0.3 is 0 Å². The fraction of sp³-hybridized carbons (Fsp3) is 0.538. The zero-order chi connectivity index (χ0) is 15.6. The van der Waals surface area contributed by atoms with Crippen LogP contribution in [-0.4, -0.2) is 32.4 Å². The Morgan fingerprint density at radius 3 is 2.45 bits per heavy atom. The standard InChI is InChI=1S/C13H20BrFN2O2S/c1-4-17(9-13(2,3)8-16)20(18,19)12-6-5-10(15)7-11(12)14/h5-7H,4,8-9,16H2,1-3H3. The number of hydrogen-bond donors (Lipinski definition) is 1. The Morgan fingerprint density at radius 1 is 1.40 bits per heavy atom. The molecule has 0 unspecified atom stereocenters. The van der Waals surface area contributed by atoms with Crippen molar-refractivity contribution in [1.82, 2.24) is 4.31 Å². The molecule has 0 atom stereocenters. The molecule has 0 heterocycles. The van der Waals surface area contributed by atoms with Crippen LogP contribution in [0.1, 0.15) is 20.8 Å². The summed E-state index contributed by atoms with van der Waals surface area (Å²) in [5, 5.41) is 0. The first-order chi connectivity index (χ1) is 9.14. The predicted octanol–water partition coefficient (Wildman–Crippen LogP) is 2.58. The van der Waals surface area contributed by atoms with Crippen LogP contribution >= 0.6 is 15.9 Å². The maximum Gasteiger partial charge on any atom is 0.244 e. The smallest absolute Gasteiger partial charge is 0.244 e. The molecule has 0 radical (unpaired) electrons. The van der Waals surface area contributed by atoms with Gasteiger partial charge in [-0.15, -0.1) is 0 Å². The lowest BCUT2D eigenvalue weighted by Gasteiger charge is -2.30. The molecule has 114 valence electrons. The van der Waals surface area contributed by atoms with Crippen LogP contribution in [0.15, 0.2) is 27.6 Å². The summed E-state index contributed by atoms with van der Waals surface area (Å²) >= 11 is 3.11. The number of sulfonamides is 1. The van der Waals surface area contributed by atoms with Crippen molar-refractivity contribution in [2.75, 3.05) is 19.6 Å². The van der Waals surface area contributed by atoms with Gasteiger partial charge in [-0.3, -0.25) is 0 Å². The Bertz CT molecular complexity index is 576. The summed E-state index contributed by atoms with van der Waals surface area (Å²) in [6.07, 6.45) is 0. The van der Waals surface area contributed by atoms with Crippen molar-refractivity contribution in [3.05, 3.63) is 28.5 Å². The van der Waals surface area contributed by atoms with E-state index in [0.717, 1.165) is 12.1 Å². The van der Waals surface area contributed by atoms with Crippen LogP contribution in [0.25, 0.3) is 0 Å². The molecule has 0 amide bonds. The minimum Gasteiger partial charge on any atom is -0.330 e. The van der Waals surface area contributed by atoms with Crippen molar-refractivity contribution in [2.24, 2.45) is 11.1 Å². The van der Waals surface area contributed by atoms with Gasteiger partial charge in [0.25, 0.3) is 0 Å². The molecule has 0 aromatic heterocycles. The van der Waals surface area contributed by atoms with E-state index in [0.29, 0.717) is 19.6 Å². The highest BCUT2D eigenvalue weighted by atomic mass is 79.9. The summed E-state index contributed by atoms with van der Waals surface area (Å²) in [7, 11) is -3.68. The summed E-state index contributed by atoms with van der Waals surface area (Å²) in [4.78, 5) is 0.0635. The molecule has 1 rings (SSSR count). The van der Waals surface area contributed by atoms with Crippen LogP contribution in [0.5, 0.6) is 0 Å². The van der Waals surface area contributed by atoms with Gasteiger partial charge in [-0.25, -0.2) is 12.8 Å². The molecule has 0 bridgehead atoms. The molecule has 7 heteroatoms. The first kappa shape index (κ1) is 17.6. The Balaban J connectivity index is 3.19. The van der Waals surface area contributed by atoms with Crippen LogP contribution in [-0.2, 0) is 10.0 Å². The highest BCUT2D eigenvalue weighted by Gasteiger charge is 2.30. The molecular weight excluding hydrogens is 347 g/mol. The van der Waals surface area contributed by atoms with Crippen molar-refractivity contribution >= 4 is 26.0 Å². The highest BCUT2D eigenvalue weighted by Crippen LogP contribution is 2.27. The second kappa shape index (κ2) is 6.51. The van der Waals surface area contributed by atoms with Crippen molar-refractivity contribution in [3.8, 4) is 0 Å². The Kier molecular flexibility index (Phi) is 5.71. The van der Waals surface area contributed by atoms with Crippen molar-refractivity contribution in [2.45, 2.75) is 25.7 Å². The van der Waals surface area contributed by atoms with Crippen LogP contribution in [0.4, 0.5) is 4.39 Å². The van der Waals surface area contributed by atoms with Gasteiger partial charge in [-0.2, -0.15) is 4.31 Å². The maximum absolute atomic E-state index is 13.1. The molecule has 1 aromatic rings. The molecule has 0 aliphatic carbocycles. The number of rotatable bonds is 6. The molecular formula is C13H20BrFN2O2S. The third-order valence-corrected chi connectivity index (χ3v) is 5.92. The molecule has 0 fully saturated rings. The summed E-state index contributed by atoms with van der Waals surface area (Å²) in [6.45, 7) is 6.60. The molecule has 0 saturated heterocycles. The molecule has 20 heavy (non-hydrogen) atoms. The van der Waals surface area contributed by atoms with Crippen LogP contribution in [0, 0.1) is 11.2 Å². The van der Waals surface area contributed by atoms with E-state index in [1.165, 1.54) is 10.4 Å². The first-order valence-electron chi connectivity index (χ1n) is 6.29. The average molecular weight is 367 g/mol. The lowest BCUT2D eigenvalue weighted by Crippen LogP contribution is -2.42. The Morgan fingerprint density at radius 2 is 2.00 bits per heavy atom. The van der Waals surface area contributed by atoms with Crippen LogP contribution in [0.2, 0.25) is 0 Å². The third-order valence-electron chi connectivity index (χ3n) is 3.02. The number of nitrogens with two attached hydrogens (primary N) is 1. The van der Waals surface area contributed by atoms with Gasteiger partial charge in [-0.05, 0) is 46.1 Å². The normalized spacial score (nSPS) is 12.9. The lowest BCUT2D eigenvalue weighted by molar-refractivity contribution is 0.273. The molecule has 0 aliphatic heterocycles. The molecule has 0 aliphatic rings. The molecule has 2 N–H and O–H groups in total. The van der Waals surface area contributed by atoms with Gasteiger partial charge in [-0.1, -0.05) is 20.8 Å². The van der Waals surface area contributed by atoms with E-state index in [1.807, 2.05) is 13.8 Å². The molecule has 1 aromatic carbocycles. The van der Waals surface area contributed by atoms with Gasteiger partial charge in [0.1, 0.15) is 5.82 Å². The van der Waals surface area contributed by atoms with Gasteiger partial charge in [0.05, 0.1) is 4.90 Å². The van der Waals surface area contributed by atoms with E-state index in [4.69, 9.17) is 5.73 Å². The second-order valence-electron chi connectivity index (χ2n) is 5.37. The van der Waals surface area contributed by atoms with Gasteiger partial charge < -0.3 is 5.73 Å². The molecule has 4 nitrogen and oxygen atoms in total. The summed E-state index contributed by atoms with van der Waals surface area (Å²) in [5.41, 5.74) is 5.34. The van der Waals surface area contributed by atoms with E-state index in [9.17, 15) is 12.8 Å². The number of nitrogens with zero attached hydrogens (tertiary/aromatic N) is 1. The first-order valence-corrected chi connectivity index (χ1v) is 8.52. The SMILES string of the molecule is CCN(CC(C)(C)CN)S(=O)(=O)c1ccc(F)cc1Br. The zero-order valence-electron chi connectivity index (χ0n) is 11.9. The van der Waals surface area contributed by atoms with E-state index >= 15 is 0 Å². The molecule has 0 spiro atoms. The maximum atomic E-state index is 13.1. The summed E-state index contributed by atoms with van der Waals surface area (Å²) in [5.74, 6) is -0.485. The quantitative estimate of drug-likeness (QED) is 0.841. The summed E-state index contributed by atoms with van der Waals surface area (Å²) < 4.78 is 39.9. The van der Waals surface area contributed by atoms with Crippen LogP contribution < -0.4 is 5.73 Å². The van der Waals surface area contributed by atoms with E-state index in [1.54, 1.807) is 6.92 Å². The molecule has 0 saturated carbocycles. The average Bonchev–Trinajstić information content (AvgIpc) is 2.35. The van der Waals surface area contributed by atoms with Crippen molar-refractivity contribution < 1.29 is 12.8 Å². The minimum absolute atomic E-state index is 0.0635. The fourth-order valence-electron chi connectivity index (χ4n) is 1.73. The van der Waals surface area contributed by atoms with E-state index in [-0.39, 0.29) is 14.8 Å². The van der Waals surface area contributed by atoms with Gasteiger partial charge in [0.2, 0.25) is 10.0 Å². The Hall–Kier alpha value is -0.500. The number of hydrogen-bond acceptors (Lipinski definition) is 3. The monoisotopic (exact) mass is 366 g/mol. The van der Waals surface area contributed by atoms with Crippen molar-refractivity contribution in [3.63, 3.8) is 0 Å². The number of benzene rings is 1. The second-order valence-corrected chi connectivity index (χ2v) is 8.13. The van der Waals surface area contributed by atoms with Crippen molar-refractivity contribution in [1.29, 1.82) is 0 Å². The fourth-order valence-corrected chi connectivity index (χ4v) is 4.38.